The first-order chi connectivity index (χ1) is 8.63. The van der Waals surface area contributed by atoms with Crippen molar-refractivity contribution in [1.82, 2.24) is 9.78 Å². The lowest BCUT2D eigenvalue weighted by Crippen LogP contribution is -2.04. The Morgan fingerprint density at radius 1 is 1.44 bits per heavy atom. The molecule has 1 aromatic carbocycles. The van der Waals surface area contributed by atoms with Crippen LogP contribution in [-0.2, 0) is 11.2 Å². The summed E-state index contributed by atoms with van der Waals surface area (Å²) >= 11 is 0. The third-order valence-corrected chi connectivity index (χ3v) is 2.44. The molecule has 94 valence electrons. The summed E-state index contributed by atoms with van der Waals surface area (Å²) in [6.45, 7) is 0. The highest BCUT2D eigenvalue weighted by Gasteiger charge is 2.16. The minimum absolute atomic E-state index is 0.0424. The molecule has 0 radical (unpaired) electrons. The van der Waals surface area contributed by atoms with E-state index in [9.17, 15) is 9.90 Å². The molecule has 0 spiro atoms. The van der Waals surface area contributed by atoms with E-state index < -0.39 is 5.97 Å². The lowest BCUT2D eigenvalue weighted by Gasteiger charge is -2.08. The Bertz CT molecular complexity index is 577. The summed E-state index contributed by atoms with van der Waals surface area (Å²) in [6, 6.07) is 6.61. The van der Waals surface area contributed by atoms with Crippen LogP contribution >= 0.6 is 0 Å². The average Bonchev–Trinajstić information content (AvgIpc) is 2.71. The third-order valence-electron chi connectivity index (χ3n) is 2.44. The van der Waals surface area contributed by atoms with E-state index >= 15 is 0 Å². The number of aromatic hydroxyl groups is 1. The number of phenols is 1. The van der Waals surface area contributed by atoms with Gasteiger partial charge in [-0.15, -0.1) is 0 Å². The van der Waals surface area contributed by atoms with Crippen LogP contribution in [0.5, 0.6) is 11.6 Å². The van der Waals surface area contributed by atoms with E-state index in [0.717, 1.165) is 0 Å². The van der Waals surface area contributed by atoms with E-state index in [-0.39, 0.29) is 12.2 Å². The Morgan fingerprint density at radius 3 is 2.78 bits per heavy atom. The van der Waals surface area contributed by atoms with Crippen molar-refractivity contribution in [3.8, 4) is 17.3 Å². The fourth-order valence-corrected chi connectivity index (χ4v) is 1.69. The predicted molar refractivity (Wildman–Crippen MR) is 63.1 cm³/mol. The number of hydrogen-bond acceptors (Lipinski definition) is 4. The van der Waals surface area contributed by atoms with E-state index in [1.807, 2.05) is 0 Å². The molecule has 0 aliphatic carbocycles. The highest BCUT2D eigenvalue weighted by molar-refractivity contribution is 5.71. The van der Waals surface area contributed by atoms with Gasteiger partial charge in [0.1, 0.15) is 11.4 Å². The van der Waals surface area contributed by atoms with Crippen LogP contribution in [0.2, 0.25) is 0 Å². The maximum Gasteiger partial charge on any atom is 0.308 e. The number of aromatic nitrogens is 2. The smallest absolute Gasteiger partial charge is 0.308 e. The van der Waals surface area contributed by atoms with Crippen molar-refractivity contribution in [1.29, 1.82) is 0 Å². The zero-order valence-electron chi connectivity index (χ0n) is 9.70. The van der Waals surface area contributed by atoms with Gasteiger partial charge in [-0.3, -0.25) is 4.79 Å². The molecule has 1 aromatic heterocycles. The Kier molecular flexibility index (Phi) is 3.18. The van der Waals surface area contributed by atoms with Gasteiger partial charge in [-0.25, -0.2) is 0 Å². The Labute approximate surface area is 103 Å². The van der Waals surface area contributed by atoms with Crippen molar-refractivity contribution in [3.05, 3.63) is 36.0 Å². The number of phenolic OH excluding ortho intramolecular Hbond substituents is 1. The van der Waals surface area contributed by atoms with Gasteiger partial charge in [0.2, 0.25) is 5.88 Å². The molecule has 0 aliphatic rings. The Hall–Kier alpha value is -2.50. The van der Waals surface area contributed by atoms with E-state index in [1.54, 1.807) is 18.2 Å². The van der Waals surface area contributed by atoms with Crippen LogP contribution in [0.1, 0.15) is 5.56 Å². The van der Waals surface area contributed by atoms with Gasteiger partial charge in [0, 0.05) is 5.56 Å². The minimum atomic E-state index is -0.967. The molecule has 6 nitrogen and oxygen atoms in total. The molecule has 0 atom stereocenters. The minimum Gasteiger partial charge on any atom is -0.506 e. The lowest BCUT2D eigenvalue weighted by molar-refractivity contribution is -0.136. The molecular formula is C12H12N2O4. The summed E-state index contributed by atoms with van der Waals surface area (Å²) in [4.78, 5) is 10.7. The molecule has 2 N–H and O–H groups in total. The molecule has 0 saturated heterocycles. The maximum absolute atomic E-state index is 10.7. The number of benzene rings is 1. The number of hydrogen-bond donors (Lipinski definition) is 2. The highest BCUT2D eigenvalue weighted by atomic mass is 16.5. The molecule has 18 heavy (non-hydrogen) atoms. The van der Waals surface area contributed by atoms with Gasteiger partial charge in [0.15, 0.2) is 0 Å². The standard InChI is InChI=1S/C12H12N2O4/c1-18-12-8(6-11(16)17)7-13-14(12)9-4-2-3-5-10(9)15/h2-5,7,15H,6H2,1H3,(H,16,17). The molecule has 0 amide bonds. The highest BCUT2D eigenvalue weighted by Crippen LogP contribution is 2.27. The number of nitrogens with zero attached hydrogens (tertiary/aromatic N) is 2. The second-order valence-corrected chi connectivity index (χ2v) is 3.65. The zero-order valence-corrected chi connectivity index (χ0v) is 9.70. The number of carboxylic acids is 1. The second-order valence-electron chi connectivity index (χ2n) is 3.65. The van der Waals surface area contributed by atoms with Gasteiger partial charge >= 0.3 is 5.97 Å². The van der Waals surface area contributed by atoms with Crippen LogP contribution < -0.4 is 4.74 Å². The number of rotatable bonds is 4. The largest absolute Gasteiger partial charge is 0.506 e. The van der Waals surface area contributed by atoms with Crippen LogP contribution in [0.4, 0.5) is 0 Å². The summed E-state index contributed by atoms with van der Waals surface area (Å²) < 4.78 is 6.52. The normalized spacial score (nSPS) is 10.3. The van der Waals surface area contributed by atoms with E-state index in [1.165, 1.54) is 24.1 Å². The molecule has 0 bridgehead atoms. The van der Waals surface area contributed by atoms with E-state index in [0.29, 0.717) is 17.1 Å². The first-order valence-corrected chi connectivity index (χ1v) is 5.24. The molecule has 6 heteroatoms. The van der Waals surface area contributed by atoms with Crippen molar-refractivity contribution in [3.63, 3.8) is 0 Å². The molecule has 0 unspecified atom stereocenters. The summed E-state index contributed by atoms with van der Waals surface area (Å²) in [7, 11) is 1.43. The van der Waals surface area contributed by atoms with E-state index in [4.69, 9.17) is 9.84 Å². The Morgan fingerprint density at radius 2 is 2.17 bits per heavy atom. The molecule has 2 aromatic rings. The summed E-state index contributed by atoms with van der Waals surface area (Å²) in [5.74, 6) is -0.621. The summed E-state index contributed by atoms with van der Waals surface area (Å²) in [5, 5.41) is 22.6. The van der Waals surface area contributed by atoms with Gasteiger partial charge in [-0.05, 0) is 12.1 Å². The average molecular weight is 248 g/mol. The number of para-hydroxylation sites is 2. The fraction of sp³-hybridized carbons (Fsp3) is 0.167. The van der Waals surface area contributed by atoms with Crippen molar-refractivity contribution in [2.24, 2.45) is 0 Å². The second kappa shape index (κ2) is 4.79. The Balaban J connectivity index is 2.49. The van der Waals surface area contributed by atoms with Crippen molar-refractivity contribution in [2.45, 2.75) is 6.42 Å². The SMILES string of the molecule is COc1c(CC(=O)O)cnn1-c1ccccc1O. The number of carboxylic acid groups (broad SMARTS) is 1. The zero-order chi connectivity index (χ0) is 13.1. The first kappa shape index (κ1) is 12.0. The molecule has 0 aliphatic heterocycles. The quantitative estimate of drug-likeness (QED) is 0.849. The van der Waals surface area contributed by atoms with Gasteiger partial charge in [0.05, 0.1) is 19.7 Å². The van der Waals surface area contributed by atoms with Gasteiger partial charge in [0.25, 0.3) is 0 Å². The van der Waals surface area contributed by atoms with E-state index in [2.05, 4.69) is 5.10 Å². The molecule has 0 saturated carbocycles. The summed E-state index contributed by atoms with van der Waals surface area (Å²) in [6.07, 6.45) is 1.23. The maximum atomic E-state index is 10.7. The van der Waals surface area contributed by atoms with Gasteiger partial charge < -0.3 is 14.9 Å². The van der Waals surface area contributed by atoms with Crippen molar-refractivity contribution >= 4 is 5.97 Å². The first-order valence-electron chi connectivity index (χ1n) is 5.24. The molecular weight excluding hydrogens is 236 g/mol. The number of methoxy groups -OCH3 is 1. The van der Waals surface area contributed by atoms with Crippen LogP contribution in [0.3, 0.4) is 0 Å². The molecule has 0 fully saturated rings. The number of ether oxygens (including phenoxy) is 1. The van der Waals surface area contributed by atoms with Crippen LogP contribution in [-0.4, -0.2) is 33.1 Å². The third kappa shape index (κ3) is 2.13. The van der Waals surface area contributed by atoms with Crippen LogP contribution in [0, 0.1) is 0 Å². The van der Waals surface area contributed by atoms with Crippen molar-refractivity contribution < 1.29 is 19.7 Å². The van der Waals surface area contributed by atoms with Crippen LogP contribution in [0.25, 0.3) is 5.69 Å². The van der Waals surface area contributed by atoms with Crippen molar-refractivity contribution in [2.75, 3.05) is 7.11 Å². The topological polar surface area (TPSA) is 84.6 Å². The molecule has 2 rings (SSSR count). The fourth-order valence-electron chi connectivity index (χ4n) is 1.69. The summed E-state index contributed by atoms with van der Waals surface area (Å²) in [5.41, 5.74) is 0.888. The monoisotopic (exact) mass is 248 g/mol. The number of aliphatic carboxylic acids is 1. The van der Waals surface area contributed by atoms with Gasteiger partial charge in [-0.1, -0.05) is 12.1 Å². The predicted octanol–water partition coefficient (Wildman–Crippen LogP) is 1.21. The number of carbonyl (C=O) groups is 1. The van der Waals surface area contributed by atoms with Crippen LogP contribution in [0.15, 0.2) is 30.5 Å². The van der Waals surface area contributed by atoms with Gasteiger partial charge in [-0.2, -0.15) is 9.78 Å². The molecule has 1 heterocycles. The lowest BCUT2D eigenvalue weighted by atomic mass is 10.2.